The highest BCUT2D eigenvalue weighted by molar-refractivity contribution is 5.80. The first kappa shape index (κ1) is 23.0. The smallest absolute Gasteiger partial charge is 0.194 e. The third-order valence-corrected chi connectivity index (χ3v) is 4.98. The van der Waals surface area contributed by atoms with Crippen LogP contribution in [0.15, 0.2) is 47.7 Å². The molecule has 0 amide bonds. The number of hydrogen-bond acceptors (Lipinski definition) is 5. The van der Waals surface area contributed by atoms with Gasteiger partial charge in [0.15, 0.2) is 17.5 Å². The standard InChI is InChI=1S/C23H31FN4O3/c1-3-26-23(28-10-8-19(16-28)17-30-12-11-29-2)27-14-18-6-7-22(21(24)13-18)31-20-5-4-9-25-15-20/h4-7,9,13,15,19H,3,8,10-12,14,16-17H2,1-2H3,(H,26,27). The number of benzene rings is 1. The van der Waals surface area contributed by atoms with E-state index in [4.69, 9.17) is 19.2 Å². The summed E-state index contributed by atoms with van der Waals surface area (Å²) in [5, 5.41) is 3.34. The number of nitrogens with one attached hydrogen (secondary N) is 1. The van der Waals surface area contributed by atoms with Crippen molar-refractivity contribution in [1.82, 2.24) is 15.2 Å². The van der Waals surface area contributed by atoms with Gasteiger partial charge in [-0.2, -0.15) is 0 Å². The van der Waals surface area contributed by atoms with Crippen LogP contribution in [0.4, 0.5) is 4.39 Å². The molecule has 7 nitrogen and oxygen atoms in total. The van der Waals surface area contributed by atoms with E-state index in [1.807, 2.05) is 13.0 Å². The molecule has 0 saturated carbocycles. The van der Waals surface area contributed by atoms with Crippen molar-refractivity contribution in [2.45, 2.75) is 19.9 Å². The second-order valence-electron chi connectivity index (χ2n) is 7.39. The van der Waals surface area contributed by atoms with E-state index in [1.54, 1.807) is 37.7 Å². The molecular weight excluding hydrogens is 399 g/mol. The van der Waals surface area contributed by atoms with Gasteiger partial charge in [-0.05, 0) is 43.2 Å². The molecule has 1 unspecified atom stereocenters. The van der Waals surface area contributed by atoms with Crippen LogP contribution in [0.25, 0.3) is 0 Å². The topological polar surface area (TPSA) is 68.2 Å². The number of hydrogen-bond donors (Lipinski definition) is 1. The average Bonchev–Trinajstić information content (AvgIpc) is 3.25. The Morgan fingerprint density at radius 1 is 1.32 bits per heavy atom. The molecule has 3 rings (SSSR count). The first-order valence-corrected chi connectivity index (χ1v) is 10.7. The molecule has 0 radical (unpaired) electrons. The maximum absolute atomic E-state index is 14.5. The number of pyridine rings is 1. The molecule has 0 bridgehead atoms. The lowest BCUT2D eigenvalue weighted by molar-refractivity contribution is 0.0536. The Bertz CT molecular complexity index is 835. The molecule has 8 heteroatoms. The molecule has 0 spiro atoms. The van der Waals surface area contributed by atoms with Crippen molar-refractivity contribution >= 4 is 5.96 Å². The molecule has 1 fully saturated rings. The van der Waals surface area contributed by atoms with Gasteiger partial charge in [-0.1, -0.05) is 6.07 Å². The number of methoxy groups -OCH3 is 1. The van der Waals surface area contributed by atoms with Gasteiger partial charge >= 0.3 is 0 Å². The van der Waals surface area contributed by atoms with Crippen molar-refractivity contribution < 1.29 is 18.6 Å². The number of aliphatic imine (C=N–C) groups is 1. The van der Waals surface area contributed by atoms with Crippen LogP contribution in [0.1, 0.15) is 18.9 Å². The van der Waals surface area contributed by atoms with Crippen molar-refractivity contribution in [3.63, 3.8) is 0 Å². The highest BCUT2D eigenvalue weighted by Crippen LogP contribution is 2.25. The van der Waals surface area contributed by atoms with E-state index in [-0.39, 0.29) is 5.75 Å². The zero-order valence-electron chi connectivity index (χ0n) is 18.2. The predicted molar refractivity (Wildman–Crippen MR) is 118 cm³/mol. The van der Waals surface area contributed by atoms with Gasteiger partial charge in [0, 0.05) is 38.9 Å². The van der Waals surface area contributed by atoms with Gasteiger partial charge in [0.2, 0.25) is 0 Å². The highest BCUT2D eigenvalue weighted by atomic mass is 19.1. The minimum Gasteiger partial charge on any atom is -0.453 e. The van der Waals surface area contributed by atoms with E-state index in [0.29, 0.717) is 31.4 Å². The summed E-state index contributed by atoms with van der Waals surface area (Å²) in [5.74, 6) is 1.57. The number of nitrogens with zero attached hydrogens (tertiary/aromatic N) is 3. The monoisotopic (exact) mass is 430 g/mol. The molecule has 1 aliphatic rings. The van der Waals surface area contributed by atoms with Crippen LogP contribution in [0, 0.1) is 11.7 Å². The predicted octanol–water partition coefficient (Wildman–Crippen LogP) is 3.46. The summed E-state index contributed by atoms with van der Waals surface area (Å²) < 4.78 is 30.7. The second kappa shape index (κ2) is 12.2. The number of halogens is 1. The minimum atomic E-state index is -0.420. The average molecular weight is 431 g/mol. The number of ether oxygens (including phenoxy) is 3. The van der Waals surface area contributed by atoms with Gasteiger partial charge in [0.05, 0.1) is 32.6 Å². The lowest BCUT2D eigenvalue weighted by Gasteiger charge is -2.21. The fourth-order valence-electron chi connectivity index (χ4n) is 3.41. The Morgan fingerprint density at radius 3 is 2.97 bits per heavy atom. The number of rotatable bonds is 10. The van der Waals surface area contributed by atoms with Gasteiger partial charge in [-0.25, -0.2) is 9.38 Å². The maximum Gasteiger partial charge on any atom is 0.194 e. The van der Waals surface area contributed by atoms with Gasteiger partial charge < -0.3 is 24.4 Å². The van der Waals surface area contributed by atoms with E-state index in [2.05, 4.69) is 15.2 Å². The molecular formula is C23H31FN4O3. The van der Waals surface area contributed by atoms with Crippen molar-refractivity contribution in [3.05, 3.63) is 54.1 Å². The normalized spacial score (nSPS) is 16.5. The lowest BCUT2D eigenvalue weighted by Crippen LogP contribution is -2.40. The van der Waals surface area contributed by atoms with Gasteiger partial charge in [0.25, 0.3) is 0 Å². The summed E-state index contributed by atoms with van der Waals surface area (Å²) in [4.78, 5) is 10.9. The largest absolute Gasteiger partial charge is 0.453 e. The summed E-state index contributed by atoms with van der Waals surface area (Å²) in [7, 11) is 1.67. The molecule has 1 aromatic carbocycles. The number of aromatic nitrogens is 1. The first-order chi connectivity index (χ1) is 15.2. The summed E-state index contributed by atoms with van der Waals surface area (Å²) in [6.07, 6.45) is 4.25. The van der Waals surface area contributed by atoms with Crippen LogP contribution in [-0.2, 0) is 16.0 Å². The molecule has 2 aromatic rings. The van der Waals surface area contributed by atoms with E-state index < -0.39 is 5.82 Å². The van der Waals surface area contributed by atoms with Gasteiger partial charge in [-0.3, -0.25) is 4.98 Å². The molecule has 1 N–H and O–H groups in total. The molecule has 2 heterocycles. The Morgan fingerprint density at radius 2 is 2.23 bits per heavy atom. The maximum atomic E-state index is 14.5. The Hall–Kier alpha value is -2.71. The number of likely N-dealkylation sites (tertiary alicyclic amines) is 1. The highest BCUT2D eigenvalue weighted by Gasteiger charge is 2.25. The SMILES string of the molecule is CCNC(=NCc1ccc(Oc2cccnc2)c(F)c1)N1CCC(COCCOC)C1. The van der Waals surface area contributed by atoms with Crippen LogP contribution >= 0.6 is 0 Å². The zero-order chi connectivity index (χ0) is 21.9. The van der Waals surface area contributed by atoms with Crippen molar-refractivity contribution in [2.24, 2.45) is 10.9 Å². The molecule has 1 saturated heterocycles. The van der Waals surface area contributed by atoms with E-state index in [1.165, 1.54) is 6.07 Å². The quantitative estimate of drug-likeness (QED) is 0.354. The van der Waals surface area contributed by atoms with Crippen molar-refractivity contribution in [3.8, 4) is 11.5 Å². The Labute approximate surface area is 183 Å². The van der Waals surface area contributed by atoms with E-state index in [0.717, 1.165) is 44.2 Å². The summed E-state index contributed by atoms with van der Waals surface area (Å²) in [5.41, 5.74) is 0.782. The van der Waals surface area contributed by atoms with Crippen LogP contribution in [-0.4, -0.2) is 62.4 Å². The van der Waals surface area contributed by atoms with Crippen LogP contribution < -0.4 is 10.1 Å². The summed E-state index contributed by atoms with van der Waals surface area (Å²) >= 11 is 0. The molecule has 31 heavy (non-hydrogen) atoms. The van der Waals surface area contributed by atoms with Crippen molar-refractivity contribution in [2.75, 3.05) is 46.6 Å². The van der Waals surface area contributed by atoms with Gasteiger partial charge in [-0.15, -0.1) is 0 Å². The fourth-order valence-corrected chi connectivity index (χ4v) is 3.41. The van der Waals surface area contributed by atoms with Crippen molar-refractivity contribution in [1.29, 1.82) is 0 Å². The first-order valence-electron chi connectivity index (χ1n) is 10.7. The summed E-state index contributed by atoms with van der Waals surface area (Å²) in [6.45, 7) is 6.98. The Balaban J connectivity index is 1.57. The van der Waals surface area contributed by atoms with Crippen LogP contribution in [0.3, 0.4) is 0 Å². The lowest BCUT2D eigenvalue weighted by atomic mass is 10.1. The molecule has 0 aliphatic carbocycles. The zero-order valence-corrected chi connectivity index (χ0v) is 18.2. The Kier molecular flexibility index (Phi) is 9.05. The third kappa shape index (κ3) is 7.18. The fraction of sp³-hybridized carbons (Fsp3) is 0.478. The minimum absolute atomic E-state index is 0.170. The van der Waals surface area contributed by atoms with Crippen LogP contribution in [0.2, 0.25) is 0 Å². The van der Waals surface area contributed by atoms with E-state index in [9.17, 15) is 4.39 Å². The second-order valence-corrected chi connectivity index (χ2v) is 7.39. The van der Waals surface area contributed by atoms with Gasteiger partial charge in [0.1, 0.15) is 5.75 Å². The molecule has 1 aromatic heterocycles. The molecule has 1 atom stereocenters. The molecule has 168 valence electrons. The summed E-state index contributed by atoms with van der Waals surface area (Å²) in [6, 6.07) is 8.41. The molecule has 1 aliphatic heterocycles. The number of guanidine groups is 1. The van der Waals surface area contributed by atoms with E-state index >= 15 is 0 Å². The third-order valence-electron chi connectivity index (χ3n) is 4.98. The van der Waals surface area contributed by atoms with Crippen LogP contribution in [0.5, 0.6) is 11.5 Å².